The van der Waals surface area contributed by atoms with E-state index < -0.39 is 17.4 Å². The average Bonchev–Trinajstić information content (AvgIpc) is 2.55. The van der Waals surface area contributed by atoms with Crippen LogP contribution in [0.5, 0.6) is 11.5 Å². The number of rotatable bonds is 6. The lowest BCUT2D eigenvalue weighted by molar-refractivity contribution is 0.104. The van der Waals surface area contributed by atoms with Gasteiger partial charge >= 0.3 is 0 Å². The lowest BCUT2D eigenvalue weighted by atomic mass is 10.1. The molecule has 0 aliphatic carbocycles. The number of para-hydroxylation sites is 1. The molecular formula is C19H18F2O3. The molecule has 3 nitrogen and oxygen atoms in total. The third kappa shape index (κ3) is 4.19. The molecule has 0 amide bonds. The molecule has 0 unspecified atom stereocenters. The predicted octanol–water partition coefficient (Wildman–Crippen LogP) is 4.66. The topological polar surface area (TPSA) is 35.5 Å². The second-order valence-electron chi connectivity index (χ2n) is 5.37. The van der Waals surface area contributed by atoms with Gasteiger partial charge in [0.1, 0.15) is 0 Å². The number of carbonyl (C=O) groups excluding carboxylic acids is 1. The second kappa shape index (κ2) is 7.73. The smallest absolute Gasteiger partial charge is 0.185 e. The summed E-state index contributed by atoms with van der Waals surface area (Å²) >= 11 is 0. The van der Waals surface area contributed by atoms with E-state index in [1.54, 1.807) is 24.3 Å². The Bertz CT molecular complexity index is 767. The van der Waals surface area contributed by atoms with Gasteiger partial charge in [0.15, 0.2) is 28.9 Å². The first-order valence-corrected chi connectivity index (χ1v) is 7.43. The number of allylic oxidation sites excluding steroid dienone is 1. The van der Waals surface area contributed by atoms with Crippen molar-refractivity contribution in [2.75, 3.05) is 7.11 Å². The lowest BCUT2D eigenvalue weighted by Crippen LogP contribution is -2.08. The number of ether oxygens (including phenoxy) is 2. The third-order valence-corrected chi connectivity index (χ3v) is 3.20. The highest BCUT2D eigenvalue weighted by Gasteiger charge is 2.11. The van der Waals surface area contributed by atoms with Crippen LogP contribution < -0.4 is 9.47 Å². The van der Waals surface area contributed by atoms with Crippen LogP contribution in [0.2, 0.25) is 0 Å². The number of hydrogen-bond acceptors (Lipinski definition) is 3. The summed E-state index contributed by atoms with van der Waals surface area (Å²) in [5, 5.41) is 0. The van der Waals surface area contributed by atoms with E-state index >= 15 is 0 Å². The molecular weight excluding hydrogens is 314 g/mol. The Morgan fingerprint density at radius 3 is 2.50 bits per heavy atom. The zero-order valence-corrected chi connectivity index (χ0v) is 13.7. The van der Waals surface area contributed by atoms with Crippen molar-refractivity contribution in [3.8, 4) is 11.5 Å². The van der Waals surface area contributed by atoms with E-state index in [0.29, 0.717) is 17.1 Å². The number of hydrogen-bond donors (Lipinski definition) is 0. The van der Waals surface area contributed by atoms with Crippen molar-refractivity contribution in [1.82, 2.24) is 0 Å². The molecule has 0 bridgehead atoms. The van der Waals surface area contributed by atoms with Crippen molar-refractivity contribution in [3.63, 3.8) is 0 Å². The van der Waals surface area contributed by atoms with Gasteiger partial charge in [-0.15, -0.1) is 0 Å². The molecule has 0 aromatic heterocycles. The summed E-state index contributed by atoms with van der Waals surface area (Å²) in [6, 6.07) is 8.34. The summed E-state index contributed by atoms with van der Waals surface area (Å²) in [4.78, 5) is 12.1. The van der Waals surface area contributed by atoms with E-state index in [1.807, 2.05) is 13.8 Å². The highest BCUT2D eigenvalue weighted by Crippen LogP contribution is 2.33. The molecule has 2 rings (SSSR count). The summed E-state index contributed by atoms with van der Waals surface area (Å²) in [5.41, 5.74) is 0.721. The van der Waals surface area contributed by atoms with Gasteiger partial charge in [0.05, 0.1) is 13.2 Å². The van der Waals surface area contributed by atoms with E-state index in [9.17, 15) is 13.6 Å². The molecule has 0 N–H and O–H groups in total. The first-order valence-electron chi connectivity index (χ1n) is 7.43. The molecule has 0 spiro atoms. The van der Waals surface area contributed by atoms with Crippen LogP contribution in [0.25, 0.3) is 6.08 Å². The standard InChI is InChI=1S/C19H18F2O3/c1-12(2)24-19-13(5-4-6-18(19)23-3)8-10-17(22)14-7-9-15(20)16(21)11-14/h4-12H,1-3H3/b10-8+. The Morgan fingerprint density at radius 2 is 1.88 bits per heavy atom. The fourth-order valence-electron chi connectivity index (χ4n) is 2.10. The molecule has 0 fully saturated rings. The molecule has 5 heteroatoms. The van der Waals surface area contributed by atoms with Crippen molar-refractivity contribution in [1.29, 1.82) is 0 Å². The van der Waals surface area contributed by atoms with Crippen LogP contribution >= 0.6 is 0 Å². The molecule has 0 saturated carbocycles. The number of methoxy groups -OCH3 is 1. The molecule has 2 aromatic carbocycles. The minimum Gasteiger partial charge on any atom is -0.493 e. The Labute approximate surface area is 139 Å². The minimum absolute atomic E-state index is 0.0689. The van der Waals surface area contributed by atoms with Gasteiger partial charge in [-0.2, -0.15) is 0 Å². The second-order valence-corrected chi connectivity index (χ2v) is 5.37. The van der Waals surface area contributed by atoms with Gasteiger partial charge in [0, 0.05) is 11.1 Å². The van der Waals surface area contributed by atoms with Crippen LogP contribution in [0.1, 0.15) is 29.8 Å². The van der Waals surface area contributed by atoms with Gasteiger partial charge in [-0.1, -0.05) is 12.1 Å². The quantitative estimate of drug-likeness (QED) is 0.570. The zero-order chi connectivity index (χ0) is 17.7. The first kappa shape index (κ1) is 17.7. The summed E-state index contributed by atoms with van der Waals surface area (Å²) in [7, 11) is 1.53. The molecule has 0 aliphatic rings. The minimum atomic E-state index is -1.06. The molecule has 0 atom stereocenters. The van der Waals surface area contributed by atoms with Crippen molar-refractivity contribution in [2.24, 2.45) is 0 Å². The summed E-state index contributed by atoms with van der Waals surface area (Å²) < 4.78 is 37.2. The molecule has 126 valence electrons. The molecule has 2 aromatic rings. The molecule has 0 aliphatic heterocycles. The van der Waals surface area contributed by atoms with Crippen LogP contribution in [0, 0.1) is 11.6 Å². The fraction of sp³-hybridized carbons (Fsp3) is 0.211. The van der Waals surface area contributed by atoms with Crippen LogP contribution in [0.15, 0.2) is 42.5 Å². The van der Waals surface area contributed by atoms with Crippen LogP contribution in [0.4, 0.5) is 8.78 Å². The van der Waals surface area contributed by atoms with Gasteiger partial charge in [-0.05, 0) is 50.3 Å². The van der Waals surface area contributed by atoms with Gasteiger partial charge in [0.2, 0.25) is 0 Å². The van der Waals surface area contributed by atoms with E-state index in [-0.39, 0.29) is 11.7 Å². The van der Waals surface area contributed by atoms with Crippen molar-refractivity contribution >= 4 is 11.9 Å². The maximum Gasteiger partial charge on any atom is 0.185 e. The number of halogens is 2. The summed E-state index contributed by atoms with van der Waals surface area (Å²) in [6.45, 7) is 3.76. The number of carbonyl (C=O) groups is 1. The van der Waals surface area contributed by atoms with Gasteiger partial charge in [-0.25, -0.2) is 8.78 Å². The number of benzene rings is 2. The zero-order valence-electron chi connectivity index (χ0n) is 13.7. The van der Waals surface area contributed by atoms with Crippen molar-refractivity contribution in [3.05, 3.63) is 65.2 Å². The lowest BCUT2D eigenvalue weighted by Gasteiger charge is -2.15. The normalized spacial score (nSPS) is 11.1. The van der Waals surface area contributed by atoms with Gasteiger partial charge in [0.25, 0.3) is 0 Å². The Morgan fingerprint density at radius 1 is 1.12 bits per heavy atom. The maximum absolute atomic E-state index is 13.2. The predicted molar refractivity (Wildman–Crippen MR) is 88.5 cm³/mol. The maximum atomic E-state index is 13.2. The highest BCUT2D eigenvalue weighted by molar-refractivity contribution is 6.07. The SMILES string of the molecule is COc1cccc(/C=C/C(=O)c2ccc(F)c(F)c2)c1OC(C)C. The van der Waals surface area contributed by atoms with Crippen molar-refractivity contribution < 1.29 is 23.0 Å². The van der Waals surface area contributed by atoms with Crippen molar-refractivity contribution in [2.45, 2.75) is 20.0 Å². The largest absolute Gasteiger partial charge is 0.493 e. The summed E-state index contributed by atoms with van der Waals surface area (Å²) in [6.07, 6.45) is 2.77. The highest BCUT2D eigenvalue weighted by atomic mass is 19.2. The first-order chi connectivity index (χ1) is 11.4. The van der Waals surface area contributed by atoms with E-state index in [4.69, 9.17) is 9.47 Å². The van der Waals surface area contributed by atoms with E-state index in [1.165, 1.54) is 19.3 Å². The van der Waals surface area contributed by atoms with Crippen LogP contribution in [0.3, 0.4) is 0 Å². The Kier molecular flexibility index (Phi) is 5.68. The molecule has 0 heterocycles. The Hall–Kier alpha value is -2.69. The van der Waals surface area contributed by atoms with E-state index in [2.05, 4.69) is 0 Å². The van der Waals surface area contributed by atoms with Gasteiger partial charge < -0.3 is 9.47 Å². The third-order valence-electron chi connectivity index (χ3n) is 3.20. The fourth-order valence-corrected chi connectivity index (χ4v) is 2.10. The van der Waals surface area contributed by atoms with Gasteiger partial charge in [-0.3, -0.25) is 4.79 Å². The molecule has 0 saturated heterocycles. The van der Waals surface area contributed by atoms with E-state index in [0.717, 1.165) is 12.1 Å². The molecule has 24 heavy (non-hydrogen) atoms. The Balaban J connectivity index is 2.30. The monoisotopic (exact) mass is 332 g/mol. The van der Waals surface area contributed by atoms with Crippen LogP contribution in [-0.2, 0) is 0 Å². The summed E-state index contributed by atoms with van der Waals surface area (Å²) in [5.74, 6) is -1.42. The average molecular weight is 332 g/mol. The molecule has 0 radical (unpaired) electrons. The van der Waals surface area contributed by atoms with Crippen LogP contribution in [-0.4, -0.2) is 19.0 Å². The number of ketones is 1.